The molecular weight excluding hydrogens is 621 g/mol. The Labute approximate surface area is 262 Å². The van der Waals surface area contributed by atoms with Crippen molar-refractivity contribution in [2.24, 2.45) is 5.92 Å². The molecule has 0 saturated carbocycles. The van der Waals surface area contributed by atoms with Crippen LogP contribution >= 0.6 is 34.8 Å². The summed E-state index contributed by atoms with van der Waals surface area (Å²) in [5.74, 6) is -0.537. The number of carbonyl (C=O) groups is 2. The Hall–Kier alpha value is -2.98. The van der Waals surface area contributed by atoms with Crippen molar-refractivity contribution in [3.63, 3.8) is 0 Å². The van der Waals surface area contributed by atoms with Crippen LogP contribution in [0.4, 0.5) is 5.69 Å². The molecule has 226 valence electrons. The number of benzene rings is 3. The summed E-state index contributed by atoms with van der Waals surface area (Å²) in [6, 6.07) is 14.6. The molecule has 3 aromatic rings. The third kappa shape index (κ3) is 8.10. The van der Waals surface area contributed by atoms with Crippen LogP contribution in [0.2, 0.25) is 15.1 Å². The molecular formula is C30H34Cl3N3O5S. The summed E-state index contributed by atoms with van der Waals surface area (Å²) in [7, 11) is -2.82. The molecule has 3 aromatic carbocycles. The largest absolute Gasteiger partial charge is 0.495 e. The molecule has 1 atom stereocenters. The van der Waals surface area contributed by atoms with Crippen LogP contribution in [0.15, 0.2) is 65.6 Å². The minimum atomic E-state index is -4.26. The molecule has 0 saturated heterocycles. The lowest BCUT2D eigenvalue weighted by molar-refractivity contribution is -0.139. The third-order valence-electron chi connectivity index (χ3n) is 6.55. The average Bonchev–Trinajstić information content (AvgIpc) is 2.94. The van der Waals surface area contributed by atoms with Crippen molar-refractivity contribution in [2.45, 2.75) is 45.2 Å². The topological polar surface area (TPSA) is 96.0 Å². The van der Waals surface area contributed by atoms with E-state index >= 15 is 0 Å². The number of ether oxygens (including phenoxy) is 1. The summed E-state index contributed by atoms with van der Waals surface area (Å²) in [5.41, 5.74) is 1.44. The van der Waals surface area contributed by atoms with Crippen LogP contribution in [-0.4, -0.2) is 51.4 Å². The van der Waals surface area contributed by atoms with E-state index in [9.17, 15) is 18.0 Å². The maximum Gasteiger partial charge on any atom is 0.264 e. The molecule has 8 nitrogen and oxygen atoms in total. The van der Waals surface area contributed by atoms with E-state index < -0.39 is 34.4 Å². The highest BCUT2D eigenvalue weighted by molar-refractivity contribution is 7.92. The van der Waals surface area contributed by atoms with Gasteiger partial charge >= 0.3 is 0 Å². The SMILES string of the molecule is COc1ccc(N(CC(=O)N(Cc2c(Cl)cccc2Cl)C(C)C(=O)NCC(C)C)S(=O)(=O)c2ccc(C)cc2)cc1Cl. The lowest BCUT2D eigenvalue weighted by Gasteiger charge is -2.32. The van der Waals surface area contributed by atoms with Crippen molar-refractivity contribution in [3.05, 3.63) is 86.9 Å². The highest BCUT2D eigenvalue weighted by Gasteiger charge is 2.33. The predicted octanol–water partition coefficient (Wildman–Crippen LogP) is 6.35. The van der Waals surface area contributed by atoms with Crippen molar-refractivity contribution in [1.82, 2.24) is 10.2 Å². The zero-order chi connectivity index (χ0) is 31.2. The minimum absolute atomic E-state index is 0.0173. The van der Waals surface area contributed by atoms with Gasteiger partial charge in [0.15, 0.2) is 0 Å². The number of sulfonamides is 1. The van der Waals surface area contributed by atoms with E-state index in [0.29, 0.717) is 27.9 Å². The van der Waals surface area contributed by atoms with Gasteiger partial charge in [-0.1, -0.05) is 72.4 Å². The van der Waals surface area contributed by atoms with Gasteiger partial charge in [-0.15, -0.1) is 0 Å². The molecule has 0 aliphatic heterocycles. The van der Waals surface area contributed by atoms with E-state index in [2.05, 4.69) is 5.32 Å². The first kappa shape index (κ1) is 33.5. The summed E-state index contributed by atoms with van der Waals surface area (Å²) in [5, 5.41) is 3.61. The third-order valence-corrected chi connectivity index (χ3v) is 9.34. The maximum absolute atomic E-state index is 14.1. The Balaban J connectivity index is 2.09. The number of halogens is 3. The molecule has 0 spiro atoms. The van der Waals surface area contributed by atoms with Crippen molar-refractivity contribution < 1.29 is 22.7 Å². The van der Waals surface area contributed by atoms with Crippen molar-refractivity contribution in [3.8, 4) is 5.75 Å². The highest BCUT2D eigenvalue weighted by Crippen LogP contribution is 2.33. The van der Waals surface area contributed by atoms with Crippen LogP contribution in [0.1, 0.15) is 31.9 Å². The molecule has 0 aliphatic carbocycles. The Bertz CT molecular complexity index is 1510. The number of hydrogen-bond acceptors (Lipinski definition) is 5. The van der Waals surface area contributed by atoms with E-state index in [1.165, 1.54) is 42.3 Å². The fourth-order valence-electron chi connectivity index (χ4n) is 4.07. The van der Waals surface area contributed by atoms with Crippen molar-refractivity contribution in [2.75, 3.05) is 24.5 Å². The average molecular weight is 655 g/mol. The fraction of sp³-hybridized carbons (Fsp3) is 0.333. The van der Waals surface area contributed by atoms with Gasteiger partial charge in [-0.05, 0) is 62.2 Å². The molecule has 2 amide bonds. The molecule has 42 heavy (non-hydrogen) atoms. The molecule has 0 heterocycles. The summed E-state index contributed by atoms with van der Waals surface area (Å²) in [6.45, 7) is 6.94. The normalized spacial score (nSPS) is 12.1. The molecule has 1 N–H and O–H groups in total. The van der Waals surface area contributed by atoms with Gasteiger partial charge in [-0.25, -0.2) is 8.42 Å². The Kier molecular flexibility index (Phi) is 11.5. The van der Waals surface area contributed by atoms with Gasteiger partial charge in [0, 0.05) is 28.7 Å². The van der Waals surface area contributed by atoms with Crippen LogP contribution in [0.3, 0.4) is 0 Å². The van der Waals surface area contributed by atoms with Crippen molar-refractivity contribution >= 4 is 62.3 Å². The lowest BCUT2D eigenvalue weighted by atomic mass is 10.1. The smallest absolute Gasteiger partial charge is 0.264 e. The van der Waals surface area contributed by atoms with Crippen molar-refractivity contribution in [1.29, 1.82) is 0 Å². The minimum Gasteiger partial charge on any atom is -0.495 e. The Morgan fingerprint density at radius 2 is 1.55 bits per heavy atom. The predicted molar refractivity (Wildman–Crippen MR) is 168 cm³/mol. The van der Waals surface area contributed by atoms with Gasteiger partial charge in [0.25, 0.3) is 10.0 Å². The highest BCUT2D eigenvalue weighted by atomic mass is 35.5. The maximum atomic E-state index is 14.1. The Morgan fingerprint density at radius 3 is 2.10 bits per heavy atom. The van der Waals surface area contributed by atoms with Crippen LogP contribution < -0.4 is 14.4 Å². The first-order valence-electron chi connectivity index (χ1n) is 13.2. The van der Waals surface area contributed by atoms with Gasteiger partial charge in [0.05, 0.1) is 22.7 Å². The van der Waals surface area contributed by atoms with E-state index in [-0.39, 0.29) is 28.1 Å². The lowest BCUT2D eigenvalue weighted by Crippen LogP contribution is -2.51. The van der Waals surface area contributed by atoms with E-state index in [1.54, 1.807) is 37.3 Å². The van der Waals surface area contributed by atoms with Crippen LogP contribution in [0.25, 0.3) is 0 Å². The van der Waals surface area contributed by atoms with E-state index in [1.807, 2.05) is 20.8 Å². The van der Waals surface area contributed by atoms with Crippen LogP contribution in [0, 0.1) is 12.8 Å². The molecule has 0 aliphatic rings. The second-order valence-corrected chi connectivity index (χ2v) is 13.3. The number of rotatable bonds is 12. The standard InChI is InChI=1S/C30H34Cl3N3O5S/c1-19(2)16-34-30(38)21(4)35(17-24-25(31)7-6-8-26(24)32)29(37)18-36(22-11-14-28(41-5)27(33)15-22)42(39,40)23-12-9-20(3)10-13-23/h6-15,19,21H,16-18H2,1-5H3,(H,34,38). The number of hydrogen-bond donors (Lipinski definition) is 1. The molecule has 0 bridgehead atoms. The summed E-state index contributed by atoms with van der Waals surface area (Å²) in [6.07, 6.45) is 0. The van der Waals surface area contributed by atoms with Gasteiger partial charge in [-0.3, -0.25) is 13.9 Å². The zero-order valence-electron chi connectivity index (χ0n) is 24.0. The first-order valence-corrected chi connectivity index (χ1v) is 15.8. The zero-order valence-corrected chi connectivity index (χ0v) is 27.1. The number of anilines is 1. The van der Waals surface area contributed by atoms with Gasteiger partial charge in [-0.2, -0.15) is 0 Å². The molecule has 0 radical (unpaired) electrons. The number of methoxy groups -OCH3 is 1. The first-order chi connectivity index (χ1) is 19.8. The summed E-state index contributed by atoms with van der Waals surface area (Å²) >= 11 is 19.2. The number of nitrogens with one attached hydrogen (secondary N) is 1. The molecule has 3 rings (SSSR count). The quantitative estimate of drug-likeness (QED) is 0.246. The number of nitrogens with zero attached hydrogens (tertiary/aromatic N) is 2. The molecule has 12 heteroatoms. The Morgan fingerprint density at radius 1 is 0.929 bits per heavy atom. The van der Waals surface area contributed by atoms with Gasteiger partial charge in [0.1, 0.15) is 18.3 Å². The van der Waals surface area contributed by atoms with Crippen LogP contribution in [0.5, 0.6) is 5.75 Å². The van der Waals surface area contributed by atoms with E-state index in [4.69, 9.17) is 39.5 Å². The molecule has 1 unspecified atom stereocenters. The van der Waals surface area contributed by atoms with Crippen LogP contribution in [-0.2, 0) is 26.2 Å². The molecule has 0 aromatic heterocycles. The second-order valence-electron chi connectivity index (χ2n) is 10.2. The number of aryl methyl sites for hydroxylation is 1. The van der Waals surface area contributed by atoms with E-state index in [0.717, 1.165) is 9.87 Å². The van der Waals surface area contributed by atoms with Gasteiger partial charge < -0.3 is 15.0 Å². The summed E-state index contributed by atoms with van der Waals surface area (Å²) in [4.78, 5) is 28.5. The summed E-state index contributed by atoms with van der Waals surface area (Å²) < 4.78 is 34.1. The van der Waals surface area contributed by atoms with Gasteiger partial charge in [0.2, 0.25) is 11.8 Å². The second kappa shape index (κ2) is 14.5. The number of amides is 2. The molecule has 0 fully saturated rings. The monoisotopic (exact) mass is 653 g/mol. The fourth-order valence-corrected chi connectivity index (χ4v) is 6.24. The number of carbonyl (C=O) groups excluding carboxylic acids is 2.